The molecule has 1 aliphatic heterocycles. The molecule has 0 bridgehead atoms. The number of ether oxygens (including phenoxy) is 1. The standard InChI is InChI=1S/C14H13ClF3N3O.ClH/c15-10-8-20-12-9(13(10)21-6-4-19-5-7-21)2-1-3-11(12)22-14(16,17)18;/h1-3,8,19H,4-7H2;1H. The number of piperazine rings is 1. The van der Waals surface area contributed by atoms with Gasteiger partial charge < -0.3 is 15.0 Å². The molecule has 1 aromatic carbocycles. The minimum Gasteiger partial charge on any atom is -0.403 e. The monoisotopic (exact) mass is 367 g/mol. The van der Waals surface area contributed by atoms with E-state index >= 15 is 0 Å². The van der Waals surface area contributed by atoms with E-state index in [0.717, 1.165) is 26.2 Å². The fourth-order valence-corrected chi connectivity index (χ4v) is 2.84. The lowest BCUT2D eigenvalue weighted by atomic mass is 10.1. The molecule has 0 radical (unpaired) electrons. The summed E-state index contributed by atoms with van der Waals surface area (Å²) in [6, 6.07) is 4.46. The van der Waals surface area contributed by atoms with Crippen LogP contribution in [-0.2, 0) is 0 Å². The molecule has 2 aromatic rings. The van der Waals surface area contributed by atoms with Crippen molar-refractivity contribution in [3.8, 4) is 5.75 Å². The van der Waals surface area contributed by atoms with Crippen LogP contribution in [0.4, 0.5) is 18.9 Å². The van der Waals surface area contributed by atoms with Crippen LogP contribution in [0.3, 0.4) is 0 Å². The van der Waals surface area contributed by atoms with Crippen molar-refractivity contribution < 1.29 is 17.9 Å². The van der Waals surface area contributed by atoms with Gasteiger partial charge in [0.15, 0.2) is 5.75 Å². The summed E-state index contributed by atoms with van der Waals surface area (Å²) in [4.78, 5) is 6.06. The molecule has 0 amide bonds. The molecule has 3 rings (SSSR count). The van der Waals surface area contributed by atoms with Crippen LogP contribution < -0.4 is 15.0 Å². The fourth-order valence-electron chi connectivity index (χ4n) is 2.57. The number of benzene rings is 1. The maximum absolute atomic E-state index is 12.5. The molecule has 9 heteroatoms. The number of pyridine rings is 1. The summed E-state index contributed by atoms with van der Waals surface area (Å²) < 4.78 is 41.6. The van der Waals surface area contributed by atoms with Crippen LogP contribution >= 0.6 is 24.0 Å². The van der Waals surface area contributed by atoms with E-state index in [2.05, 4.69) is 15.0 Å². The summed E-state index contributed by atoms with van der Waals surface area (Å²) in [6.45, 7) is 3.03. The number of nitrogens with zero attached hydrogens (tertiary/aromatic N) is 2. The zero-order valence-electron chi connectivity index (χ0n) is 11.9. The molecule has 1 fully saturated rings. The summed E-state index contributed by atoms with van der Waals surface area (Å²) >= 11 is 6.23. The van der Waals surface area contributed by atoms with Crippen molar-refractivity contribution in [2.45, 2.75) is 6.36 Å². The molecular formula is C14H14Cl2F3N3O. The van der Waals surface area contributed by atoms with Gasteiger partial charge in [0, 0.05) is 37.8 Å². The Bertz CT molecular complexity index is 691. The molecule has 0 atom stereocenters. The van der Waals surface area contributed by atoms with Crippen LogP contribution in [0.5, 0.6) is 5.75 Å². The van der Waals surface area contributed by atoms with Gasteiger partial charge in [0.25, 0.3) is 0 Å². The average molecular weight is 368 g/mol. The van der Waals surface area contributed by atoms with Gasteiger partial charge in [0.2, 0.25) is 0 Å². The molecule has 1 aromatic heterocycles. The van der Waals surface area contributed by atoms with Gasteiger partial charge in [0.1, 0.15) is 5.52 Å². The summed E-state index contributed by atoms with van der Waals surface area (Å²) in [5.74, 6) is -0.321. The third-order valence-electron chi connectivity index (χ3n) is 3.45. The van der Waals surface area contributed by atoms with Gasteiger partial charge in [-0.15, -0.1) is 25.6 Å². The number of alkyl halides is 3. The zero-order valence-corrected chi connectivity index (χ0v) is 13.4. The van der Waals surface area contributed by atoms with Gasteiger partial charge in [-0.1, -0.05) is 23.7 Å². The van der Waals surface area contributed by atoms with Gasteiger partial charge in [0.05, 0.1) is 10.7 Å². The van der Waals surface area contributed by atoms with Gasteiger partial charge in [-0.2, -0.15) is 0 Å². The second-order valence-corrected chi connectivity index (χ2v) is 5.30. The molecule has 0 saturated carbocycles. The van der Waals surface area contributed by atoms with Crippen molar-refractivity contribution in [2.75, 3.05) is 31.1 Å². The van der Waals surface area contributed by atoms with E-state index in [1.807, 2.05) is 4.90 Å². The molecule has 4 nitrogen and oxygen atoms in total. The van der Waals surface area contributed by atoms with E-state index < -0.39 is 6.36 Å². The number of hydrogen-bond acceptors (Lipinski definition) is 4. The highest BCUT2D eigenvalue weighted by atomic mass is 35.5. The van der Waals surface area contributed by atoms with Gasteiger partial charge in [-0.05, 0) is 6.07 Å². The van der Waals surface area contributed by atoms with Crippen LogP contribution in [0.2, 0.25) is 5.02 Å². The second-order valence-electron chi connectivity index (χ2n) is 4.89. The first-order valence-electron chi connectivity index (χ1n) is 6.74. The largest absolute Gasteiger partial charge is 0.573 e. The maximum atomic E-state index is 12.5. The zero-order chi connectivity index (χ0) is 15.7. The van der Waals surface area contributed by atoms with Gasteiger partial charge in [-0.3, -0.25) is 4.98 Å². The molecule has 23 heavy (non-hydrogen) atoms. The van der Waals surface area contributed by atoms with E-state index in [9.17, 15) is 13.2 Å². The number of hydrogen-bond donors (Lipinski definition) is 1. The second kappa shape index (κ2) is 6.98. The minimum atomic E-state index is -4.76. The predicted octanol–water partition coefficient (Wildman–Crippen LogP) is 3.62. The molecular weight excluding hydrogens is 354 g/mol. The van der Waals surface area contributed by atoms with Gasteiger partial charge in [-0.25, -0.2) is 0 Å². The van der Waals surface area contributed by atoms with Crippen molar-refractivity contribution in [3.05, 3.63) is 29.4 Å². The highest BCUT2D eigenvalue weighted by Gasteiger charge is 2.32. The first-order valence-corrected chi connectivity index (χ1v) is 7.12. The Balaban J connectivity index is 0.00000192. The molecule has 1 saturated heterocycles. The number of rotatable bonds is 2. The van der Waals surface area contributed by atoms with Gasteiger partial charge >= 0.3 is 6.36 Å². The Morgan fingerprint density at radius 3 is 2.57 bits per heavy atom. The SMILES string of the molecule is Cl.FC(F)(F)Oc1cccc2c(N3CCNCC3)c(Cl)cnc12. The normalized spacial score (nSPS) is 15.4. The number of para-hydroxylation sites is 1. The van der Waals surface area contributed by atoms with Crippen molar-refractivity contribution >= 4 is 40.6 Å². The Hall–Kier alpha value is -1.44. The fraction of sp³-hybridized carbons (Fsp3) is 0.357. The van der Waals surface area contributed by atoms with E-state index in [1.165, 1.54) is 18.3 Å². The summed E-state index contributed by atoms with van der Waals surface area (Å²) in [6.07, 6.45) is -3.39. The van der Waals surface area contributed by atoms with Crippen LogP contribution in [0.25, 0.3) is 10.9 Å². The van der Waals surface area contributed by atoms with Crippen LogP contribution in [0.1, 0.15) is 0 Å². The molecule has 0 unspecified atom stereocenters. The molecule has 0 aliphatic carbocycles. The smallest absolute Gasteiger partial charge is 0.403 e. The Labute approximate surface area is 142 Å². The van der Waals surface area contributed by atoms with Crippen molar-refractivity contribution in [1.82, 2.24) is 10.3 Å². The van der Waals surface area contributed by atoms with E-state index in [4.69, 9.17) is 11.6 Å². The predicted molar refractivity (Wildman–Crippen MR) is 85.8 cm³/mol. The highest BCUT2D eigenvalue weighted by Crippen LogP contribution is 2.38. The third kappa shape index (κ3) is 3.91. The average Bonchev–Trinajstić information content (AvgIpc) is 2.46. The third-order valence-corrected chi connectivity index (χ3v) is 3.72. The Morgan fingerprint density at radius 2 is 1.91 bits per heavy atom. The molecule has 126 valence electrons. The number of nitrogens with one attached hydrogen (secondary N) is 1. The Kier molecular flexibility index (Phi) is 5.44. The van der Waals surface area contributed by atoms with Crippen molar-refractivity contribution in [3.63, 3.8) is 0 Å². The van der Waals surface area contributed by atoms with E-state index in [1.54, 1.807) is 6.07 Å². The Morgan fingerprint density at radius 1 is 1.22 bits per heavy atom. The highest BCUT2D eigenvalue weighted by molar-refractivity contribution is 6.34. The van der Waals surface area contributed by atoms with E-state index in [0.29, 0.717) is 16.1 Å². The molecule has 1 N–H and O–H groups in total. The topological polar surface area (TPSA) is 37.4 Å². The van der Waals surface area contributed by atoms with Crippen LogP contribution in [0, 0.1) is 0 Å². The maximum Gasteiger partial charge on any atom is 0.573 e. The quantitative estimate of drug-likeness (QED) is 0.879. The van der Waals surface area contributed by atoms with E-state index in [-0.39, 0.29) is 23.7 Å². The summed E-state index contributed by atoms with van der Waals surface area (Å²) in [5, 5.41) is 4.19. The first-order chi connectivity index (χ1) is 10.5. The lowest BCUT2D eigenvalue weighted by molar-refractivity contribution is -0.274. The van der Waals surface area contributed by atoms with Crippen LogP contribution in [0.15, 0.2) is 24.4 Å². The number of aromatic nitrogens is 1. The number of fused-ring (bicyclic) bond motifs is 1. The number of halogens is 5. The summed E-state index contributed by atoms with van der Waals surface area (Å²) in [7, 11) is 0. The molecule has 0 spiro atoms. The lowest BCUT2D eigenvalue weighted by Gasteiger charge is -2.31. The lowest BCUT2D eigenvalue weighted by Crippen LogP contribution is -2.43. The minimum absolute atomic E-state index is 0. The van der Waals surface area contributed by atoms with Crippen molar-refractivity contribution in [1.29, 1.82) is 0 Å². The molecule has 1 aliphatic rings. The molecule has 2 heterocycles. The van der Waals surface area contributed by atoms with Crippen LogP contribution in [-0.4, -0.2) is 37.5 Å². The summed E-state index contributed by atoms with van der Waals surface area (Å²) in [5.41, 5.74) is 0.846. The first kappa shape index (κ1) is 17.9. The number of anilines is 1. The van der Waals surface area contributed by atoms with Crippen molar-refractivity contribution in [2.24, 2.45) is 0 Å².